The second-order valence-corrected chi connectivity index (χ2v) is 8.76. The fourth-order valence-electron chi connectivity index (χ4n) is 2.90. The van der Waals surface area contributed by atoms with Crippen LogP contribution in [0.15, 0.2) is 33.9 Å². The summed E-state index contributed by atoms with van der Waals surface area (Å²) in [5.74, 6) is -0.598. The van der Waals surface area contributed by atoms with E-state index in [1.54, 1.807) is 0 Å². The number of benzene rings is 1. The van der Waals surface area contributed by atoms with Crippen molar-refractivity contribution in [2.24, 2.45) is 0 Å². The number of hydrogen-bond acceptors (Lipinski definition) is 8. The Morgan fingerprint density at radius 2 is 1.69 bits per heavy atom. The summed E-state index contributed by atoms with van der Waals surface area (Å²) in [6, 6.07) is 7.73. The van der Waals surface area contributed by atoms with E-state index in [0.717, 1.165) is 11.0 Å². The SMILES string of the molecule is CN(C)CCNC(=O)c1onc(CSc2nc3ccccc3[nH]2)c1C(=O)NCCN(C)C. The second-order valence-electron chi connectivity index (χ2n) is 7.80. The van der Waals surface area contributed by atoms with Crippen molar-refractivity contribution in [3.05, 3.63) is 41.3 Å². The van der Waals surface area contributed by atoms with Crippen LogP contribution < -0.4 is 10.6 Å². The lowest BCUT2D eigenvalue weighted by Gasteiger charge is -2.11. The van der Waals surface area contributed by atoms with E-state index in [0.29, 0.717) is 42.8 Å². The molecule has 2 aromatic heterocycles. The normalized spacial score (nSPS) is 11.4. The number of likely N-dealkylation sites (N-methyl/N-ethyl adjacent to an activating group) is 2. The third-order valence-corrected chi connectivity index (χ3v) is 5.48. The summed E-state index contributed by atoms with van der Waals surface area (Å²) >= 11 is 1.39. The van der Waals surface area contributed by atoms with Crippen molar-refractivity contribution in [2.45, 2.75) is 10.9 Å². The van der Waals surface area contributed by atoms with Crippen LogP contribution in [0.3, 0.4) is 0 Å². The summed E-state index contributed by atoms with van der Waals surface area (Å²) < 4.78 is 5.32. The van der Waals surface area contributed by atoms with Gasteiger partial charge < -0.3 is 29.9 Å². The highest BCUT2D eigenvalue weighted by Crippen LogP contribution is 2.25. The minimum atomic E-state index is -0.461. The van der Waals surface area contributed by atoms with Crippen LogP contribution in [0.2, 0.25) is 0 Å². The monoisotopic (exact) mass is 459 g/mol. The molecule has 0 saturated heterocycles. The Morgan fingerprint density at radius 1 is 1.03 bits per heavy atom. The molecular formula is C21H29N7O3S. The average molecular weight is 460 g/mol. The molecule has 3 aromatic rings. The minimum Gasteiger partial charge on any atom is -0.351 e. The molecule has 3 rings (SSSR count). The predicted octanol–water partition coefficient (Wildman–Crippen LogP) is 1.43. The largest absolute Gasteiger partial charge is 0.351 e. The van der Waals surface area contributed by atoms with Gasteiger partial charge in [-0.15, -0.1) is 0 Å². The molecule has 0 unspecified atom stereocenters. The Bertz CT molecular complexity index is 1030. The van der Waals surface area contributed by atoms with Crippen molar-refractivity contribution in [2.75, 3.05) is 54.4 Å². The van der Waals surface area contributed by atoms with Crippen molar-refractivity contribution >= 4 is 34.6 Å². The van der Waals surface area contributed by atoms with E-state index in [2.05, 4.69) is 25.8 Å². The molecule has 2 amide bonds. The smallest absolute Gasteiger partial charge is 0.290 e. The molecule has 3 N–H and O–H groups in total. The summed E-state index contributed by atoms with van der Waals surface area (Å²) in [7, 11) is 7.67. The number of carbonyl (C=O) groups excluding carboxylic acids is 2. The summed E-state index contributed by atoms with van der Waals surface area (Å²) in [4.78, 5) is 37.2. The molecule has 0 aliphatic rings. The number of aromatic amines is 1. The van der Waals surface area contributed by atoms with Crippen LogP contribution in [-0.2, 0) is 5.75 Å². The maximum absolute atomic E-state index is 12.9. The van der Waals surface area contributed by atoms with E-state index in [9.17, 15) is 9.59 Å². The number of para-hydroxylation sites is 2. The second kappa shape index (κ2) is 11.1. The summed E-state index contributed by atoms with van der Waals surface area (Å²) in [5, 5.41) is 10.4. The maximum Gasteiger partial charge on any atom is 0.290 e. The van der Waals surface area contributed by atoms with Gasteiger partial charge in [-0.2, -0.15) is 0 Å². The number of carbonyl (C=O) groups is 2. The lowest BCUT2D eigenvalue weighted by atomic mass is 10.1. The van der Waals surface area contributed by atoms with Crippen LogP contribution in [0.5, 0.6) is 0 Å². The standard InChI is InChI=1S/C21H29N7O3S/c1-27(2)11-9-22-19(29)17-16(26-31-18(17)20(30)23-10-12-28(3)4)13-32-21-24-14-7-5-6-8-15(14)25-21/h5-8H,9-13H2,1-4H3,(H,22,29)(H,23,30)(H,24,25). The minimum absolute atomic E-state index is 0.0775. The number of H-pyrrole nitrogens is 1. The molecule has 0 aliphatic carbocycles. The van der Waals surface area contributed by atoms with Crippen LogP contribution in [0.4, 0.5) is 0 Å². The van der Waals surface area contributed by atoms with Gasteiger partial charge in [0.05, 0.1) is 11.0 Å². The van der Waals surface area contributed by atoms with Crippen LogP contribution in [0.1, 0.15) is 26.6 Å². The molecule has 172 valence electrons. The number of aromatic nitrogens is 3. The van der Waals surface area contributed by atoms with Crippen LogP contribution in [-0.4, -0.2) is 91.1 Å². The van der Waals surface area contributed by atoms with Gasteiger partial charge in [-0.25, -0.2) is 4.98 Å². The van der Waals surface area contributed by atoms with Crippen molar-refractivity contribution in [3.8, 4) is 0 Å². The number of hydrogen-bond donors (Lipinski definition) is 3. The number of thioether (sulfide) groups is 1. The Labute approximate surface area is 191 Å². The number of nitrogens with zero attached hydrogens (tertiary/aromatic N) is 4. The third-order valence-electron chi connectivity index (χ3n) is 4.60. The Balaban J connectivity index is 1.76. The van der Waals surface area contributed by atoms with Crippen LogP contribution in [0, 0.1) is 0 Å². The zero-order valence-electron chi connectivity index (χ0n) is 18.8. The number of amides is 2. The lowest BCUT2D eigenvalue weighted by Crippen LogP contribution is -2.35. The van der Waals surface area contributed by atoms with Gasteiger partial charge in [0.2, 0.25) is 5.76 Å². The first-order valence-corrected chi connectivity index (χ1v) is 11.3. The lowest BCUT2D eigenvalue weighted by molar-refractivity contribution is 0.0889. The number of imidazole rings is 1. The molecule has 10 nitrogen and oxygen atoms in total. The summed E-state index contributed by atoms with van der Waals surface area (Å²) in [6.07, 6.45) is 0. The van der Waals surface area contributed by atoms with E-state index in [1.165, 1.54) is 11.8 Å². The van der Waals surface area contributed by atoms with Gasteiger partial charge in [-0.1, -0.05) is 29.1 Å². The molecule has 0 fully saturated rings. The first-order chi connectivity index (χ1) is 15.3. The van der Waals surface area contributed by atoms with Gasteiger partial charge in [-0.3, -0.25) is 9.59 Å². The van der Waals surface area contributed by atoms with E-state index >= 15 is 0 Å². The predicted molar refractivity (Wildman–Crippen MR) is 124 cm³/mol. The first-order valence-electron chi connectivity index (χ1n) is 10.3. The highest BCUT2D eigenvalue weighted by Gasteiger charge is 2.27. The van der Waals surface area contributed by atoms with E-state index in [-0.39, 0.29) is 17.2 Å². The van der Waals surface area contributed by atoms with Crippen molar-refractivity contribution in [1.29, 1.82) is 0 Å². The van der Waals surface area contributed by atoms with Gasteiger partial charge in [0.1, 0.15) is 11.3 Å². The highest BCUT2D eigenvalue weighted by molar-refractivity contribution is 7.98. The summed E-state index contributed by atoms with van der Waals surface area (Å²) in [6.45, 7) is 2.20. The molecule has 0 atom stereocenters. The Hall–Kier alpha value is -2.89. The zero-order valence-corrected chi connectivity index (χ0v) is 19.6. The van der Waals surface area contributed by atoms with Gasteiger partial charge in [0.15, 0.2) is 5.16 Å². The molecule has 0 radical (unpaired) electrons. The van der Waals surface area contributed by atoms with Gasteiger partial charge in [0, 0.05) is 31.9 Å². The fraction of sp³-hybridized carbons (Fsp3) is 0.429. The van der Waals surface area contributed by atoms with E-state index in [1.807, 2.05) is 62.3 Å². The van der Waals surface area contributed by atoms with Gasteiger partial charge >= 0.3 is 0 Å². The van der Waals surface area contributed by atoms with E-state index < -0.39 is 5.91 Å². The van der Waals surface area contributed by atoms with Crippen molar-refractivity contribution < 1.29 is 14.1 Å². The zero-order chi connectivity index (χ0) is 23.1. The average Bonchev–Trinajstić information content (AvgIpc) is 3.35. The molecule has 0 saturated carbocycles. The molecule has 1 aromatic carbocycles. The molecule has 32 heavy (non-hydrogen) atoms. The number of nitrogens with one attached hydrogen (secondary N) is 3. The molecule has 0 aliphatic heterocycles. The first kappa shape index (κ1) is 23.8. The summed E-state index contributed by atoms with van der Waals surface area (Å²) in [5.41, 5.74) is 2.35. The maximum atomic E-state index is 12.9. The Morgan fingerprint density at radius 3 is 2.34 bits per heavy atom. The quantitative estimate of drug-likeness (QED) is 0.369. The van der Waals surface area contributed by atoms with Crippen LogP contribution in [0.25, 0.3) is 11.0 Å². The highest BCUT2D eigenvalue weighted by atomic mass is 32.2. The van der Waals surface area contributed by atoms with Crippen molar-refractivity contribution in [3.63, 3.8) is 0 Å². The van der Waals surface area contributed by atoms with Crippen molar-refractivity contribution in [1.82, 2.24) is 35.6 Å². The number of fused-ring (bicyclic) bond motifs is 1. The van der Waals surface area contributed by atoms with Gasteiger partial charge in [-0.05, 0) is 40.3 Å². The molecular weight excluding hydrogens is 430 g/mol. The molecule has 11 heteroatoms. The molecule has 0 bridgehead atoms. The fourth-order valence-corrected chi connectivity index (χ4v) is 3.72. The van der Waals surface area contributed by atoms with Crippen LogP contribution >= 0.6 is 11.8 Å². The molecule has 0 spiro atoms. The third kappa shape index (κ3) is 6.31. The number of rotatable bonds is 11. The van der Waals surface area contributed by atoms with Gasteiger partial charge in [0.25, 0.3) is 11.8 Å². The van der Waals surface area contributed by atoms with E-state index in [4.69, 9.17) is 4.52 Å². The topological polar surface area (TPSA) is 119 Å². The molecule has 2 heterocycles. The Kier molecular flexibility index (Phi) is 8.26.